The van der Waals surface area contributed by atoms with Crippen molar-refractivity contribution < 1.29 is 13.5 Å². The first-order chi connectivity index (χ1) is 6.51. The number of rotatable bonds is 6. The minimum atomic E-state index is -3.62. The standard InChI is InChI=1S/C8H16N2O3S/c1-3-7(6-11)10-14(12,13)8(4-2)5-9/h7-8,10-11H,3-4,6H2,1-2H3/t7-,8?/m0/s1. The number of aliphatic hydroxyl groups is 1. The first-order valence-electron chi connectivity index (χ1n) is 4.53. The first kappa shape index (κ1) is 13.4. The van der Waals surface area contributed by atoms with Crippen molar-refractivity contribution in [3.05, 3.63) is 0 Å². The van der Waals surface area contributed by atoms with Gasteiger partial charge in [-0.1, -0.05) is 13.8 Å². The Hall–Kier alpha value is -0.640. The Bertz CT molecular complexity index is 290. The van der Waals surface area contributed by atoms with Crippen molar-refractivity contribution in [3.63, 3.8) is 0 Å². The summed E-state index contributed by atoms with van der Waals surface area (Å²) >= 11 is 0. The van der Waals surface area contributed by atoms with Crippen LogP contribution in [0.2, 0.25) is 0 Å². The molecule has 6 heteroatoms. The van der Waals surface area contributed by atoms with Gasteiger partial charge in [-0.25, -0.2) is 13.1 Å². The van der Waals surface area contributed by atoms with E-state index in [0.29, 0.717) is 6.42 Å². The van der Waals surface area contributed by atoms with Crippen LogP contribution in [0.5, 0.6) is 0 Å². The lowest BCUT2D eigenvalue weighted by Gasteiger charge is -2.16. The molecule has 14 heavy (non-hydrogen) atoms. The highest BCUT2D eigenvalue weighted by Crippen LogP contribution is 2.04. The third-order valence-electron chi connectivity index (χ3n) is 1.93. The van der Waals surface area contributed by atoms with Crippen molar-refractivity contribution in [1.29, 1.82) is 5.26 Å². The molecular weight excluding hydrogens is 204 g/mol. The predicted octanol–water partition coefficient (Wildman–Crippen LogP) is -0.0211. The summed E-state index contributed by atoms with van der Waals surface area (Å²) < 4.78 is 25.2. The fraction of sp³-hybridized carbons (Fsp3) is 0.875. The number of hydrogen-bond donors (Lipinski definition) is 2. The molecular formula is C8H16N2O3S. The smallest absolute Gasteiger partial charge is 0.228 e. The van der Waals surface area contributed by atoms with Crippen LogP contribution in [0, 0.1) is 11.3 Å². The molecule has 0 aromatic rings. The van der Waals surface area contributed by atoms with Crippen molar-refractivity contribution in [2.24, 2.45) is 0 Å². The van der Waals surface area contributed by atoms with Crippen LogP contribution in [0.15, 0.2) is 0 Å². The van der Waals surface area contributed by atoms with E-state index in [9.17, 15) is 8.42 Å². The summed E-state index contributed by atoms with van der Waals surface area (Å²) in [4.78, 5) is 0. The molecule has 1 unspecified atom stereocenters. The SMILES string of the molecule is CCC(C#N)S(=O)(=O)N[C@@H](CC)CO. The van der Waals surface area contributed by atoms with Crippen molar-refractivity contribution in [3.8, 4) is 6.07 Å². The zero-order valence-electron chi connectivity index (χ0n) is 8.40. The van der Waals surface area contributed by atoms with Crippen LogP contribution in [-0.2, 0) is 10.0 Å². The van der Waals surface area contributed by atoms with Gasteiger partial charge >= 0.3 is 0 Å². The number of sulfonamides is 1. The van der Waals surface area contributed by atoms with E-state index in [2.05, 4.69) is 4.72 Å². The van der Waals surface area contributed by atoms with Gasteiger partial charge in [0.2, 0.25) is 10.0 Å². The number of aliphatic hydroxyl groups excluding tert-OH is 1. The quantitative estimate of drug-likeness (QED) is 0.658. The van der Waals surface area contributed by atoms with Crippen LogP contribution >= 0.6 is 0 Å². The molecule has 0 aromatic carbocycles. The molecule has 0 heterocycles. The highest BCUT2D eigenvalue weighted by molar-refractivity contribution is 7.90. The summed E-state index contributed by atoms with van der Waals surface area (Å²) in [5, 5.41) is 16.4. The van der Waals surface area contributed by atoms with Crippen molar-refractivity contribution in [2.45, 2.75) is 38.0 Å². The Balaban J connectivity index is 4.56. The van der Waals surface area contributed by atoms with Crippen molar-refractivity contribution in [2.75, 3.05) is 6.61 Å². The van der Waals surface area contributed by atoms with Crippen LogP contribution < -0.4 is 4.72 Å². The Morgan fingerprint density at radius 2 is 2.00 bits per heavy atom. The molecule has 0 spiro atoms. The number of nitriles is 1. The van der Waals surface area contributed by atoms with Crippen molar-refractivity contribution >= 4 is 10.0 Å². The Morgan fingerprint density at radius 1 is 1.43 bits per heavy atom. The fourth-order valence-electron chi connectivity index (χ4n) is 0.944. The number of nitrogens with one attached hydrogen (secondary N) is 1. The molecule has 2 N–H and O–H groups in total. The molecule has 2 atom stereocenters. The molecule has 5 nitrogen and oxygen atoms in total. The van der Waals surface area contributed by atoms with E-state index in [1.54, 1.807) is 19.9 Å². The van der Waals surface area contributed by atoms with Gasteiger partial charge in [-0.2, -0.15) is 5.26 Å². The maximum atomic E-state index is 11.5. The molecule has 0 aromatic heterocycles. The number of nitrogens with zero attached hydrogens (tertiary/aromatic N) is 1. The summed E-state index contributed by atoms with van der Waals surface area (Å²) in [6, 6.07) is 1.22. The maximum Gasteiger partial charge on any atom is 0.228 e. The Kier molecular flexibility index (Phi) is 5.69. The molecule has 0 rings (SSSR count). The summed E-state index contributed by atoms with van der Waals surface area (Å²) in [5.41, 5.74) is 0. The van der Waals surface area contributed by atoms with E-state index in [0.717, 1.165) is 0 Å². The molecule has 0 aliphatic carbocycles. The second-order valence-electron chi connectivity index (χ2n) is 2.98. The average molecular weight is 220 g/mol. The normalized spacial score (nSPS) is 15.9. The highest BCUT2D eigenvalue weighted by atomic mass is 32.2. The lowest BCUT2D eigenvalue weighted by atomic mass is 10.3. The molecule has 82 valence electrons. The van der Waals surface area contributed by atoms with Crippen LogP contribution in [0.3, 0.4) is 0 Å². The molecule has 0 amide bonds. The van der Waals surface area contributed by atoms with E-state index < -0.39 is 21.3 Å². The molecule has 0 bridgehead atoms. The van der Waals surface area contributed by atoms with Gasteiger partial charge in [0.25, 0.3) is 0 Å². The third-order valence-corrected chi connectivity index (χ3v) is 3.78. The summed E-state index contributed by atoms with van der Waals surface area (Å²) in [6.07, 6.45) is 0.741. The predicted molar refractivity (Wildman–Crippen MR) is 52.9 cm³/mol. The fourth-order valence-corrected chi connectivity index (χ4v) is 2.39. The summed E-state index contributed by atoms with van der Waals surface area (Å²) in [6.45, 7) is 3.14. The average Bonchev–Trinajstić information content (AvgIpc) is 2.15. The third kappa shape index (κ3) is 3.62. The lowest BCUT2D eigenvalue weighted by Crippen LogP contribution is -2.41. The summed E-state index contributed by atoms with van der Waals surface area (Å²) in [7, 11) is -3.62. The van der Waals surface area contributed by atoms with Gasteiger partial charge in [-0.3, -0.25) is 0 Å². The van der Waals surface area contributed by atoms with Gasteiger partial charge in [0.05, 0.1) is 12.7 Å². The van der Waals surface area contributed by atoms with E-state index in [1.165, 1.54) is 0 Å². The van der Waals surface area contributed by atoms with E-state index in [-0.39, 0.29) is 13.0 Å². The van der Waals surface area contributed by atoms with Gasteiger partial charge in [-0.15, -0.1) is 0 Å². The monoisotopic (exact) mass is 220 g/mol. The highest BCUT2D eigenvalue weighted by Gasteiger charge is 2.25. The first-order valence-corrected chi connectivity index (χ1v) is 6.08. The summed E-state index contributed by atoms with van der Waals surface area (Å²) in [5.74, 6) is 0. The zero-order chi connectivity index (χ0) is 11.2. The maximum absolute atomic E-state index is 11.5. The Labute approximate surface area is 84.8 Å². The minimum Gasteiger partial charge on any atom is -0.395 e. The van der Waals surface area contributed by atoms with E-state index in [4.69, 9.17) is 10.4 Å². The lowest BCUT2D eigenvalue weighted by molar-refractivity contribution is 0.253. The molecule has 0 saturated carbocycles. The molecule has 0 radical (unpaired) electrons. The van der Waals surface area contributed by atoms with E-state index in [1.807, 2.05) is 0 Å². The molecule has 0 saturated heterocycles. The second kappa shape index (κ2) is 5.96. The molecule has 0 aliphatic heterocycles. The van der Waals surface area contributed by atoms with Crippen molar-refractivity contribution in [1.82, 2.24) is 4.72 Å². The molecule has 0 fully saturated rings. The van der Waals surface area contributed by atoms with Crippen LogP contribution in [0.4, 0.5) is 0 Å². The van der Waals surface area contributed by atoms with Crippen LogP contribution in [0.25, 0.3) is 0 Å². The van der Waals surface area contributed by atoms with Gasteiger partial charge in [0, 0.05) is 6.04 Å². The van der Waals surface area contributed by atoms with E-state index >= 15 is 0 Å². The minimum absolute atomic E-state index is 0.244. The van der Waals surface area contributed by atoms with Crippen LogP contribution in [-0.4, -0.2) is 31.4 Å². The topological polar surface area (TPSA) is 90.2 Å². The molecule has 0 aliphatic rings. The Morgan fingerprint density at radius 3 is 2.29 bits per heavy atom. The largest absolute Gasteiger partial charge is 0.395 e. The second-order valence-corrected chi connectivity index (χ2v) is 4.87. The van der Waals surface area contributed by atoms with Crippen LogP contribution in [0.1, 0.15) is 26.7 Å². The van der Waals surface area contributed by atoms with Gasteiger partial charge in [0.1, 0.15) is 0 Å². The van der Waals surface area contributed by atoms with Gasteiger partial charge < -0.3 is 5.11 Å². The zero-order valence-corrected chi connectivity index (χ0v) is 9.21. The van der Waals surface area contributed by atoms with Gasteiger partial charge in [-0.05, 0) is 12.8 Å². The number of hydrogen-bond acceptors (Lipinski definition) is 4. The van der Waals surface area contributed by atoms with Gasteiger partial charge in [0.15, 0.2) is 5.25 Å².